The molecule has 0 unspecified atom stereocenters. The van der Waals surface area contributed by atoms with Crippen LogP contribution in [0.3, 0.4) is 0 Å². The number of amides is 1. The van der Waals surface area contributed by atoms with Crippen LogP contribution in [-0.4, -0.2) is 18.2 Å². The van der Waals surface area contributed by atoms with Gasteiger partial charge in [0.2, 0.25) is 0 Å². The van der Waals surface area contributed by atoms with Crippen LogP contribution in [-0.2, 0) is 11.2 Å². The number of rotatable bonds is 0. The molecular formula is C14H18BrNO2. The molecule has 0 fully saturated rings. The van der Waals surface area contributed by atoms with Crippen molar-refractivity contribution in [2.75, 3.05) is 11.4 Å². The second kappa shape index (κ2) is 4.92. The Balaban J connectivity index is 2.30. The highest BCUT2D eigenvalue weighted by atomic mass is 79.9. The molecule has 98 valence electrons. The zero-order valence-electron chi connectivity index (χ0n) is 11.0. The molecule has 0 N–H and O–H groups in total. The second-order valence-electron chi connectivity index (χ2n) is 5.48. The van der Waals surface area contributed by atoms with Gasteiger partial charge in [-0.2, -0.15) is 0 Å². The standard InChI is InChI=1S/C14H18BrNO2/c1-14(2,3)18-13(17)16-9-5-7-10-6-4-8-11(15)12(10)16/h4,6,8H,5,7,9H2,1-3H3. The van der Waals surface area contributed by atoms with Crippen LogP contribution in [0.1, 0.15) is 32.8 Å². The van der Waals surface area contributed by atoms with Crippen molar-refractivity contribution in [3.05, 3.63) is 28.2 Å². The summed E-state index contributed by atoms with van der Waals surface area (Å²) in [5.74, 6) is 0. The third kappa shape index (κ3) is 2.86. The third-order valence-corrected chi connectivity index (χ3v) is 3.42. The number of aryl methyl sites for hydroxylation is 1. The molecule has 3 nitrogen and oxygen atoms in total. The first-order valence-corrected chi connectivity index (χ1v) is 6.96. The average Bonchev–Trinajstić information content (AvgIpc) is 2.26. The Morgan fingerprint density at radius 3 is 2.78 bits per heavy atom. The summed E-state index contributed by atoms with van der Waals surface area (Å²) in [6, 6.07) is 6.03. The van der Waals surface area contributed by atoms with Gasteiger partial charge in [0.05, 0.1) is 5.69 Å². The predicted molar refractivity (Wildman–Crippen MR) is 76.0 cm³/mol. The SMILES string of the molecule is CC(C)(C)OC(=O)N1CCCc2cccc(Br)c21. The second-order valence-corrected chi connectivity index (χ2v) is 6.34. The number of fused-ring (bicyclic) bond motifs is 1. The van der Waals surface area contributed by atoms with Gasteiger partial charge in [-0.05, 0) is 61.2 Å². The third-order valence-electron chi connectivity index (χ3n) is 2.78. The number of carbonyl (C=O) groups is 1. The van der Waals surface area contributed by atoms with Gasteiger partial charge in [-0.1, -0.05) is 12.1 Å². The van der Waals surface area contributed by atoms with Gasteiger partial charge in [0.15, 0.2) is 0 Å². The molecule has 0 radical (unpaired) electrons. The van der Waals surface area contributed by atoms with E-state index in [1.54, 1.807) is 4.90 Å². The zero-order valence-corrected chi connectivity index (χ0v) is 12.6. The highest BCUT2D eigenvalue weighted by Crippen LogP contribution is 2.35. The normalized spacial score (nSPS) is 15.2. The van der Waals surface area contributed by atoms with E-state index < -0.39 is 5.60 Å². The molecule has 1 aliphatic rings. The Morgan fingerprint density at radius 1 is 1.39 bits per heavy atom. The monoisotopic (exact) mass is 311 g/mol. The van der Waals surface area contributed by atoms with Crippen LogP contribution in [0.5, 0.6) is 0 Å². The van der Waals surface area contributed by atoms with Crippen LogP contribution in [0.2, 0.25) is 0 Å². The van der Waals surface area contributed by atoms with E-state index in [-0.39, 0.29) is 6.09 Å². The molecule has 1 amide bonds. The topological polar surface area (TPSA) is 29.5 Å². The summed E-state index contributed by atoms with van der Waals surface area (Å²) in [6.07, 6.45) is 1.71. The highest BCUT2D eigenvalue weighted by molar-refractivity contribution is 9.10. The van der Waals surface area contributed by atoms with Crippen molar-refractivity contribution in [3.8, 4) is 0 Å². The predicted octanol–water partition coefficient (Wildman–Crippen LogP) is 4.14. The number of nitrogens with zero attached hydrogens (tertiary/aromatic N) is 1. The van der Waals surface area contributed by atoms with Gasteiger partial charge < -0.3 is 4.74 Å². The van der Waals surface area contributed by atoms with E-state index >= 15 is 0 Å². The Hall–Kier alpha value is -1.03. The molecule has 1 heterocycles. The van der Waals surface area contributed by atoms with Crippen LogP contribution < -0.4 is 4.90 Å². The summed E-state index contributed by atoms with van der Waals surface area (Å²) >= 11 is 3.52. The molecule has 18 heavy (non-hydrogen) atoms. The molecule has 1 aliphatic heterocycles. The molecule has 0 aromatic heterocycles. The van der Waals surface area contributed by atoms with Crippen molar-refractivity contribution in [3.63, 3.8) is 0 Å². The molecule has 2 rings (SSSR count). The van der Waals surface area contributed by atoms with Gasteiger partial charge in [0, 0.05) is 11.0 Å². The van der Waals surface area contributed by atoms with Crippen molar-refractivity contribution in [2.24, 2.45) is 0 Å². The lowest BCUT2D eigenvalue weighted by Crippen LogP contribution is -2.40. The molecular weight excluding hydrogens is 294 g/mol. The van der Waals surface area contributed by atoms with Crippen molar-refractivity contribution in [1.82, 2.24) is 0 Å². The fraction of sp³-hybridized carbons (Fsp3) is 0.500. The van der Waals surface area contributed by atoms with Gasteiger partial charge in [0.25, 0.3) is 0 Å². The summed E-state index contributed by atoms with van der Waals surface area (Å²) in [7, 11) is 0. The molecule has 0 bridgehead atoms. The summed E-state index contributed by atoms with van der Waals surface area (Å²) in [5, 5.41) is 0. The van der Waals surface area contributed by atoms with Crippen molar-refractivity contribution < 1.29 is 9.53 Å². The maximum Gasteiger partial charge on any atom is 0.414 e. The molecule has 1 aromatic rings. The summed E-state index contributed by atoms with van der Waals surface area (Å²) in [6.45, 7) is 6.37. The minimum Gasteiger partial charge on any atom is -0.443 e. The maximum absolute atomic E-state index is 12.2. The van der Waals surface area contributed by atoms with Gasteiger partial charge in [-0.15, -0.1) is 0 Å². The van der Waals surface area contributed by atoms with Crippen molar-refractivity contribution in [2.45, 2.75) is 39.2 Å². The van der Waals surface area contributed by atoms with Gasteiger partial charge in [-0.25, -0.2) is 4.79 Å². The summed E-state index contributed by atoms with van der Waals surface area (Å²) in [4.78, 5) is 13.9. The summed E-state index contributed by atoms with van der Waals surface area (Å²) < 4.78 is 6.40. The fourth-order valence-electron chi connectivity index (χ4n) is 2.10. The number of benzene rings is 1. The lowest BCUT2D eigenvalue weighted by atomic mass is 10.0. The maximum atomic E-state index is 12.2. The lowest BCUT2D eigenvalue weighted by molar-refractivity contribution is 0.0577. The van der Waals surface area contributed by atoms with Crippen LogP contribution in [0.4, 0.5) is 10.5 Å². The van der Waals surface area contributed by atoms with Crippen LogP contribution in [0.25, 0.3) is 0 Å². The van der Waals surface area contributed by atoms with E-state index in [4.69, 9.17) is 4.74 Å². The zero-order chi connectivity index (χ0) is 13.3. The van der Waals surface area contributed by atoms with E-state index in [1.165, 1.54) is 5.56 Å². The van der Waals surface area contributed by atoms with E-state index in [0.717, 1.165) is 23.0 Å². The van der Waals surface area contributed by atoms with E-state index in [1.807, 2.05) is 32.9 Å². The number of ether oxygens (including phenoxy) is 1. The lowest BCUT2D eigenvalue weighted by Gasteiger charge is -2.32. The summed E-state index contributed by atoms with van der Waals surface area (Å²) in [5.41, 5.74) is 1.69. The van der Waals surface area contributed by atoms with Crippen molar-refractivity contribution >= 4 is 27.7 Å². The first-order chi connectivity index (χ1) is 8.38. The van der Waals surface area contributed by atoms with Crippen LogP contribution in [0, 0.1) is 0 Å². The first kappa shape index (κ1) is 13.4. The number of anilines is 1. The van der Waals surface area contributed by atoms with E-state index in [0.29, 0.717) is 6.54 Å². The molecule has 0 atom stereocenters. The minimum atomic E-state index is -0.462. The number of halogens is 1. The fourth-order valence-corrected chi connectivity index (χ4v) is 2.72. The number of hydrogen-bond donors (Lipinski definition) is 0. The quantitative estimate of drug-likeness (QED) is 0.720. The first-order valence-electron chi connectivity index (χ1n) is 6.16. The Labute approximate surface area is 116 Å². The molecule has 4 heteroatoms. The average molecular weight is 312 g/mol. The molecule has 0 spiro atoms. The van der Waals surface area contributed by atoms with E-state index in [9.17, 15) is 4.79 Å². The molecule has 0 aliphatic carbocycles. The minimum absolute atomic E-state index is 0.268. The molecule has 1 aromatic carbocycles. The number of hydrogen-bond acceptors (Lipinski definition) is 2. The van der Waals surface area contributed by atoms with Gasteiger partial charge in [-0.3, -0.25) is 4.90 Å². The van der Waals surface area contributed by atoms with Gasteiger partial charge >= 0.3 is 6.09 Å². The largest absolute Gasteiger partial charge is 0.443 e. The smallest absolute Gasteiger partial charge is 0.414 e. The van der Waals surface area contributed by atoms with Crippen molar-refractivity contribution in [1.29, 1.82) is 0 Å². The van der Waals surface area contributed by atoms with Crippen LogP contribution >= 0.6 is 15.9 Å². The Kier molecular flexibility index (Phi) is 3.66. The Bertz CT molecular complexity index is 465. The van der Waals surface area contributed by atoms with Gasteiger partial charge in [0.1, 0.15) is 5.60 Å². The number of carbonyl (C=O) groups excluding carboxylic acids is 1. The van der Waals surface area contributed by atoms with E-state index in [2.05, 4.69) is 22.0 Å². The molecule has 0 saturated carbocycles. The highest BCUT2D eigenvalue weighted by Gasteiger charge is 2.28. The Morgan fingerprint density at radius 2 is 2.11 bits per heavy atom. The number of para-hydroxylation sites is 1. The van der Waals surface area contributed by atoms with Crippen LogP contribution in [0.15, 0.2) is 22.7 Å². The molecule has 0 saturated heterocycles.